The molecular formula is C13H18N2O5S. The molecule has 21 heavy (non-hydrogen) atoms. The number of benzene rings is 1. The van der Waals surface area contributed by atoms with Crippen molar-refractivity contribution >= 4 is 23.4 Å². The van der Waals surface area contributed by atoms with E-state index in [4.69, 9.17) is 15.6 Å². The lowest BCUT2D eigenvalue weighted by Gasteiger charge is -2.28. The van der Waals surface area contributed by atoms with Gasteiger partial charge in [0, 0.05) is 28.2 Å². The van der Waals surface area contributed by atoms with Crippen molar-refractivity contribution in [1.82, 2.24) is 0 Å². The Balaban J connectivity index is 2.94. The van der Waals surface area contributed by atoms with Crippen LogP contribution in [0.1, 0.15) is 19.4 Å². The van der Waals surface area contributed by atoms with Gasteiger partial charge in [0.1, 0.15) is 11.8 Å². The lowest BCUT2D eigenvalue weighted by molar-refractivity contribution is -0.384. The van der Waals surface area contributed by atoms with Crippen LogP contribution in [-0.4, -0.2) is 33.9 Å². The number of hydrogen-bond donors (Lipinski definition) is 2. The van der Waals surface area contributed by atoms with Gasteiger partial charge in [-0.25, -0.2) is 0 Å². The Morgan fingerprint density at radius 1 is 1.57 bits per heavy atom. The van der Waals surface area contributed by atoms with E-state index in [9.17, 15) is 14.9 Å². The van der Waals surface area contributed by atoms with Crippen LogP contribution in [-0.2, 0) is 10.5 Å². The lowest BCUT2D eigenvalue weighted by atomic mass is 10.1. The average molecular weight is 314 g/mol. The summed E-state index contributed by atoms with van der Waals surface area (Å²) in [4.78, 5) is 21.3. The fraction of sp³-hybridized carbons (Fsp3) is 0.462. The summed E-state index contributed by atoms with van der Waals surface area (Å²) in [5.74, 6) is -0.204. The first kappa shape index (κ1) is 17.3. The number of ether oxygens (including phenoxy) is 1. The van der Waals surface area contributed by atoms with E-state index in [-0.39, 0.29) is 5.69 Å². The number of carboxylic acids is 1. The Hall–Kier alpha value is -1.80. The largest absolute Gasteiger partial charge is 0.496 e. The van der Waals surface area contributed by atoms with E-state index in [0.717, 1.165) is 0 Å². The number of thioether (sulfide) groups is 1. The van der Waals surface area contributed by atoms with Gasteiger partial charge in [0.15, 0.2) is 0 Å². The summed E-state index contributed by atoms with van der Waals surface area (Å²) < 4.78 is 4.45. The van der Waals surface area contributed by atoms with Crippen molar-refractivity contribution in [3.63, 3.8) is 0 Å². The van der Waals surface area contributed by atoms with Gasteiger partial charge >= 0.3 is 5.97 Å². The Morgan fingerprint density at radius 2 is 2.19 bits per heavy atom. The number of rotatable bonds is 7. The van der Waals surface area contributed by atoms with Gasteiger partial charge in [0.25, 0.3) is 5.69 Å². The molecule has 0 spiro atoms. The number of nitrogens with zero attached hydrogens (tertiary/aromatic N) is 1. The molecule has 0 bridgehead atoms. The maximum absolute atomic E-state index is 11.0. The monoisotopic (exact) mass is 314 g/mol. The van der Waals surface area contributed by atoms with Gasteiger partial charge < -0.3 is 15.6 Å². The van der Waals surface area contributed by atoms with Crippen molar-refractivity contribution < 1.29 is 19.6 Å². The minimum atomic E-state index is -1.08. The van der Waals surface area contributed by atoms with E-state index in [1.165, 1.54) is 37.1 Å². The van der Waals surface area contributed by atoms with Gasteiger partial charge in [0.05, 0.1) is 12.0 Å². The molecule has 0 aliphatic rings. The van der Waals surface area contributed by atoms with Crippen LogP contribution in [0.3, 0.4) is 0 Å². The third-order valence-corrected chi connectivity index (χ3v) is 4.54. The SMILES string of the molecule is COc1ccc([N+](=O)[O-])cc1CSC(C)(C)[C@@H](N)C(=O)O. The van der Waals surface area contributed by atoms with Crippen LogP contribution >= 0.6 is 11.8 Å². The molecule has 116 valence electrons. The van der Waals surface area contributed by atoms with Crippen LogP contribution in [0, 0.1) is 10.1 Å². The van der Waals surface area contributed by atoms with E-state index in [1.807, 2.05) is 0 Å². The van der Waals surface area contributed by atoms with Crippen LogP contribution in [0.25, 0.3) is 0 Å². The summed E-state index contributed by atoms with van der Waals surface area (Å²) >= 11 is 1.31. The molecule has 7 nitrogen and oxygen atoms in total. The first-order valence-corrected chi connectivity index (χ1v) is 7.11. The van der Waals surface area contributed by atoms with Crippen LogP contribution in [0.15, 0.2) is 18.2 Å². The molecule has 0 saturated carbocycles. The number of carbonyl (C=O) groups is 1. The molecule has 8 heteroatoms. The molecule has 1 atom stereocenters. The number of non-ortho nitro benzene ring substituents is 1. The summed E-state index contributed by atoms with van der Waals surface area (Å²) in [6, 6.07) is 3.28. The number of aliphatic carboxylic acids is 1. The molecule has 0 heterocycles. The topological polar surface area (TPSA) is 116 Å². The summed E-state index contributed by atoms with van der Waals surface area (Å²) in [7, 11) is 1.48. The van der Waals surface area contributed by atoms with Gasteiger partial charge in [-0.15, -0.1) is 11.8 Å². The fourth-order valence-corrected chi connectivity index (χ4v) is 2.68. The van der Waals surface area contributed by atoms with Gasteiger partial charge in [-0.2, -0.15) is 0 Å². The van der Waals surface area contributed by atoms with Crippen molar-refractivity contribution in [1.29, 1.82) is 0 Å². The van der Waals surface area contributed by atoms with Crippen LogP contribution < -0.4 is 10.5 Å². The van der Waals surface area contributed by atoms with Crippen molar-refractivity contribution in [3.8, 4) is 5.75 Å². The Morgan fingerprint density at radius 3 is 2.67 bits per heavy atom. The first-order chi connectivity index (χ1) is 9.69. The Bertz CT molecular complexity index is 547. The van der Waals surface area contributed by atoms with Gasteiger partial charge in [-0.3, -0.25) is 14.9 Å². The molecule has 0 radical (unpaired) electrons. The number of hydrogen-bond acceptors (Lipinski definition) is 6. The molecule has 0 aromatic heterocycles. The number of nitro groups is 1. The molecule has 1 rings (SSSR count). The van der Waals surface area contributed by atoms with Crippen LogP contribution in [0.4, 0.5) is 5.69 Å². The standard InChI is InChI=1S/C13H18N2O5S/c1-13(2,11(14)12(16)17)21-7-8-6-9(15(18)19)4-5-10(8)20-3/h4-6,11H,7,14H2,1-3H3,(H,16,17)/t11-/m0/s1. The van der Waals surface area contributed by atoms with E-state index >= 15 is 0 Å². The fourth-order valence-electron chi connectivity index (χ4n) is 1.64. The maximum atomic E-state index is 11.0. The third kappa shape index (κ3) is 4.33. The van der Waals surface area contributed by atoms with Crippen molar-refractivity contribution in [2.45, 2.75) is 30.4 Å². The Kier molecular flexibility index (Phi) is 5.56. The smallest absolute Gasteiger partial charge is 0.321 e. The quantitative estimate of drug-likeness (QED) is 0.584. The highest BCUT2D eigenvalue weighted by atomic mass is 32.2. The second kappa shape index (κ2) is 6.77. The van der Waals surface area contributed by atoms with Gasteiger partial charge in [-0.05, 0) is 19.9 Å². The summed E-state index contributed by atoms with van der Waals surface area (Å²) in [5, 5.41) is 19.8. The molecule has 1 aromatic carbocycles. The molecule has 1 aromatic rings. The van der Waals surface area contributed by atoms with E-state index in [1.54, 1.807) is 13.8 Å². The van der Waals surface area contributed by atoms with Crippen molar-refractivity contribution in [2.24, 2.45) is 5.73 Å². The highest BCUT2D eigenvalue weighted by Gasteiger charge is 2.32. The molecule has 0 saturated heterocycles. The highest BCUT2D eigenvalue weighted by molar-refractivity contribution is 7.99. The maximum Gasteiger partial charge on any atom is 0.321 e. The molecule has 3 N–H and O–H groups in total. The van der Waals surface area contributed by atoms with Crippen molar-refractivity contribution in [2.75, 3.05) is 7.11 Å². The van der Waals surface area contributed by atoms with Gasteiger partial charge in [-0.1, -0.05) is 0 Å². The highest BCUT2D eigenvalue weighted by Crippen LogP contribution is 2.34. The van der Waals surface area contributed by atoms with Crippen LogP contribution in [0.5, 0.6) is 5.75 Å². The zero-order valence-corrected chi connectivity index (χ0v) is 12.8. The molecule has 0 fully saturated rings. The second-order valence-electron chi connectivity index (χ2n) is 4.96. The second-order valence-corrected chi connectivity index (χ2v) is 6.59. The van der Waals surface area contributed by atoms with Gasteiger partial charge in [0.2, 0.25) is 0 Å². The normalized spacial score (nSPS) is 12.8. The lowest BCUT2D eigenvalue weighted by Crippen LogP contribution is -2.46. The molecule has 0 aliphatic carbocycles. The minimum Gasteiger partial charge on any atom is -0.496 e. The van der Waals surface area contributed by atoms with Crippen molar-refractivity contribution in [3.05, 3.63) is 33.9 Å². The predicted octanol–water partition coefficient (Wildman–Crippen LogP) is 2.03. The molecule has 0 unspecified atom stereocenters. The minimum absolute atomic E-state index is 0.0354. The zero-order chi connectivity index (χ0) is 16.2. The predicted molar refractivity (Wildman–Crippen MR) is 80.6 cm³/mol. The zero-order valence-electron chi connectivity index (χ0n) is 12.0. The molecule has 0 amide bonds. The number of carboxylic acid groups (broad SMARTS) is 1. The molecular weight excluding hydrogens is 296 g/mol. The summed E-state index contributed by atoms with van der Waals surface area (Å²) in [6.07, 6.45) is 0. The summed E-state index contributed by atoms with van der Waals surface area (Å²) in [5.41, 5.74) is 6.24. The number of methoxy groups -OCH3 is 1. The third-order valence-electron chi connectivity index (χ3n) is 3.09. The van der Waals surface area contributed by atoms with E-state index in [2.05, 4.69) is 0 Å². The number of nitro benzene ring substituents is 1. The summed E-state index contributed by atoms with van der Waals surface area (Å²) in [6.45, 7) is 3.45. The van der Waals surface area contributed by atoms with Crippen LogP contribution in [0.2, 0.25) is 0 Å². The Labute approximate surface area is 126 Å². The number of nitrogens with two attached hydrogens (primary N) is 1. The molecule has 0 aliphatic heterocycles. The van der Waals surface area contributed by atoms with E-state index < -0.39 is 21.7 Å². The first-order valence-electron chi connectivity index (χ1n) is 6.12. The van der Waals surface area contributed by atoms with E-state index in [0.29, 0.717) is 17.1 Å². The average Bonchev–Trinajstić information content (AvgIpc) is 2.43.